The summed E-state index contributed by atoms with van der Waals surface area (Å²) >= 11 is 0. The Kier molecular flexibility index (Phi) is 6.38. The smallest absolute Gasteiger partial charge is 0.358 e. The molecule has 30 heavy (non-hydrogen) atoms. The summed E-state index contributed by atoms with van der Waals surface area (Å²) in [6, 6.07) is 1.83. The van der Waals surface area contributed by atoms with E-state index in [-0.39, 0.29) is 29.6 Å². The highest BCUT2D eigenvalue weighted by Crippen LogP contribution is 2.35. The van der Waals surface area contributed by atoms with E-state index in [0.29, 0.717) is 17.8 Å². The molecule has 1 aliphatic rings. The van der Waals surface area contributed by atoms with Crippen LogP contribution in [0.15, 0.2) is 12.3 Å². The van der Waals surface area contributed by atoms with Gasteiger partial charge >= 0.3 is 11.9 Å². The number of aryl methyl sites for hydroxylation is 1. The SMILES string of the molecule is CCOC(=O)c1cn2c(N3CCC(C)(C)CC3)c(C(=O)OCC(C)C)c(C)cc2n1. The van der Waals surface area contributed by atoms with Gasteiger partial charge in [-0.3, -0.25) is 4.40 Å². The number of piperidine rings is 1. The highest BCUT2D eigenvalue weighted by molar-refractivity contribution is 5.98. The molecule has 0 N–H and O–H groups in total. The molecule has 0 unspecified atom stereocenters. The van der Waals surface area contributed by atoms with E-state index in [9.17, 15) is 9.59 Å². The van der Waals surface area contributed by atoms with Crippen LogP contribution in [0.3, 0.4) is 0 Å². The Morgan fingerprint density at radius 1 is 1.17 bits per heavy atom. The lowest BCUT2D eigenvalue weighted by molar-refractivity contribution is 0.0457. The highest BCUT2D eigenvalue weighted by Gasteiger charge is 2.31. The number of carbonyl (C=O) groups excluding carboxylic acids is 2. The molecule has 2 aromatic heterocycles. The van der Waals surface area contributed by atoms with Gasteiger partial charge in [-0.1, -0.05) is 27.7 Å². The molecule has 1 aliphatic heterocycles. The van der Waals surface area contributed by atoms with Gasteiger partial charge in [0.15, 0.2) is 5.69 Å². The van der Waals surface area contributed by atoms with Crippen molar-refractivity contribution in [3.8, 4) is 0 Å². The summed E-state index contributed by atoms with van der Waals surface area (Å²) in [5.74, 6) is 0.195. The molecule has 1 saturated heterocycles. The van der Waals surface area contributed by atoms with Crippen LogP contribution in [0.25, 0.3) is 5.65 Å². The van der Waals surface area contributed by atoms with Gasteiger partial charge in [-0.15, -0.1) is 0 Å². The molecular weight excluding hydrogens is 382 g/mol. The Bertz CT molecular complexity index is 936. The molecule has 3 heterocycles. The first kappa shape index (κ1) is 22.1. The summed E-state index contributed by atoms with van der Waals surface area (Å²) in [7, 11) is 0. The van der Waals surface area contributed by atoms with E-state index in [1.807, 2.05) is 31.2 Å². The quantitative estimate of drug-likeness (QED) is 0.657. The minimum absolute atomic E-state index is 0.238. The molecule has 2 aromatic rings. The molecular formula is C23H33N3O4. The van der Waals surface area contributed by atoms with E-state index in [4.69, 9.17) is 9.47 Å². The molecule has 0 spiro atoms. The van der Waals surface area contributed by atoms with Crippen molar-refractivity contribution < 1.29 is 19.1 Å². The van der Waals surface area contributed by atoms with Crippen molar-refractivity contribution in [3.63, 3.8) is 0 Å². The topological polar surface area (TPSA) is 73.1 Å². The molecule has 0 bridgehead atoms. The number of nitrogens with zero attached hydrogens (tertiary/aromatic N) is 3. The van der Waals surface area contributed by atoms with Crippen molar-refractivity contribution in [2.45, 2.75) is 54.4 Å². The molecule has 1 fully saturated rings. The van der Waals surface area contributed by atoms with Crippen LogP contribution >= 0.6 is 0 Å². The second-order valence-electron chi connectivity index (χ2n) is 9.24. The summed E-state index contributed by atoms with van der Waals surface area (Å²) in [5, 5.41) is 0. The van der Waals surface area contributed by atoms with Crippen LogP contribution in [0, 0.1) is 18.3 Å². The first-order valence-corrected chi connectivity index (χ1v) is 10.7. The summed E-state index contributed by atoms with van der Waals surface area (Å²) in [5.41, 5.74) is 2.45. The molecule has 0 aromatic carbocycles. The van der Waals surface area contributed by atoms with Crippen LogP contribution in [0.2, 0.25) is 0 Å². The van der Waals surface area contributed by atoms with E-state index in [1.165, 1.54) is 0 Å². The maximum atomic E-state index is 13.1. The van der Waals surface area contributed by atoms with Crippen LogP contribution < -0.4 is 4.90 Å². The molecule has 164 valence electrons. The van der Waals surface area contributed by atoms with Gasteiger partial charge in [0.1, 0.15) is 17.0 Å². The maximum absolute atomic E-state index is 13.1. The standard InChI is InChI=1S/C23H33N3O4/c1-7-29-21(27)17-13-26-18(24-17)12-16(4)19(22(28)30-14-15(2)3)20(26)25-10-8-23(5,6)9-11-25/h12-13,15H,7-11,14H2,1-6H3. The summed E-state index contributed by atoms with van der Waals surface area (Å²) in [4.78, 5) is 32.0. The third-order valence-electron chi connectivity index (χ3n) is 5.58. The zero-order valence-electron chi connectivity index (χ0n) is 18.9. The van der Waals surface area contributed by atoms with Gasteiger partial charge in [-0.2, -0.15) is 0 Å². The number of rotatable bonds is 6. The zero-order chi connectivity index (χ0) is 22.1. The average molecular weight is 416 g/mol. The second-order valence-corrected chi connectivity index (χ2v) is 9.24. The van der Waals surface area contributed by atoms with Gasteiger partial charge in [-0.05, 0) is 49.7 Å². The molecule has 0 amide bonds. The Hall–Kier alpha value is -2.57. The second kappa shape index (κ2) is 8.66. The fourth-order valence-corrected chi connectivity index (χ4v) is 3.73. The number of fused-ring (bicyclic) bond motifs is 1. The van der Waals surface area contributed by atoms with E-state index in [1.54, 1.807) is 13.1 Å². The molecule has 0 saturated carbocycles. The maximum Gasteiger partial charge on any atom is 0.358 e. The number of aromatic nitrogens is 2. The lowest BCUT2D eigenvalue weighted by Crippen LogP contribution is -2.39. The number of hydrogen-bond donors (Lipinski definition) is 0. The van der Waals surface area contributed by atoms with E-state index in [0.717, 1.165) is 37.3 Å². The number of imidazole rings is 1. The Morgan fingerprint density at radius 2 is 1.83 bits per heavy atom. The fraction of sp³-hybridized carbons (Fsp3) is 0.609. The molecule has 0 radical (unpaired) electrons. The summed E-state index contributed by atoms with van der Waals surface area (Å²) in [6.45, 7) is 14.5. The van der Waals surface area contributed by atoms with Crippen molar-refractivity contribution in [2.24, 2.45) is 11.3 Å². The van der Waals surface area contributed by atoms with Gasteiger partial charge in [0, 0.05) is 19.3 Å². The van der Waals surface area contributed by atoms with Gasteiger partial charge in [0.05, 0.1) is 13.2 Å². The minimum Gasteiger partial charge on any atom is -0.462 e. The summed E-state index contributed by atoms with van der Waals surface area (Å²) < 4.78 is 12.6. The lowest BCUT2D eigenvalue weighted by Gasteiger charge is -2.39. The minimum atomic E-state index is -0.464. The van der Waals surface area contributed by atoms with Crippen molar-refractivity contribution in [2.75, 3.05) is 31.2 Å². The van der Waals surface area contributed by atoms with Crippen LogP contribution in [-0.2, 0) is 9.47 Å². The third-order valence-corrected chi connectivity index (χ3v) is 5.58. The largest absolute Gasteiger partial charge is 0.462 e. The first-order chi connectivity index (χ1) is 14.1. The zero-order valence-corrected chi connectivity index (χ0v) is 18.9. The Morgan fingerprint density at radius 3 is 2.43 bits per heavy atom. The predicted molar refractivity (Wildman–Crippen MR) is 116 cm³/mol. The molecule has 3 rings (SSSR count). The number of ether oxygens (including phenoxy) is 2. The number of pyridine rings is 1. The van der Waals surface area contributed by atoms with Crippen molar-refractivity contribution in [1.82, 2.24) is 9.38 Å². The molecule has 0 aliphatic carbocycles. The number of carbonyl (C=O) groups is 2. The monoisotopic (exact) mass is 415 g/mol. The van der Waals surface area contributed by atoms with Crippen LogP contribution in [0.1, 0.15) is 73.9 Å². The van der Waals surface area contributed by atoms with Crippen LogP contribution in [0.5, 0.6) is 0 Å². The predicted octanol–water partition coefficient (Wildman–Crippen LogP) is 4.26. The van der Waals surface area contributed by atoms with Crippen LogP contribution in [0.4, 0.5) is 5.82 Å². The summed E-state index contributed by atoms with van der Waals surface area (Å²) in [6.07, 6.45) is 3.70. The first-order valence-electron chi connectivity index (χ1n) is 10.7. The van der Waals surface area contributed by atoms with Crippen LogP contribution in [-0.4, -0.2) is 47.6 Å². The molecule has 7 heteroatoms. The van der Waals surface area contributed by atoms with Gasteiger partial charge in [-0.25, -0.2) is 14.6 Å². The van der Waals surface area contributed by atoms with Crippen molar-refractivity contribution in [1.29, 1.82) is 0 Å². The number of anilines is 1. The number of hydrogen-bond acceptors (Lipinski definition) is 6. The van der Waals surface area contributed by atoms with Gasteiger partial charge in [0.25, 0.3) is 0 Å². The van der Waals surface area contributed by atoms with E-state index >= 15 is 0 Å². The number of esters is 2. The lowest BCUT2D eigenvalue weighted by atomic mass is 9.82. The van der Waals surface area contributed by atoms with E-state index < -0.39 is 5.97 Å². The highest BCUT2D eigenvalue weighted by atomic mass is 16.5. The van der Waals surface area contributed by atoms with Crippen molar-refractivity contribution in [3.05, 3.63) is 29.1 Å². The molecule has 0 atom stereocenters. The Balaban J connectivity index is 2.11. The van der Waals surface area contributed by atoms with Crippen molar-refractivity contribution >= 4 is 23.4 Å². The van der Waals surface area contributed by atoms with Gasteiger partial charge < -0.3 is 14.4 Å². The normalized spacial score (nSPS) is 16.2. The Labute approximate surface area is 178 Å². The third kappa shape index (κ3) is 4.60. The van der Waals surface area contributed by atoms with Gasteiger partial charge in [0.2, 0.25) is 0 Å². The molecule has 7 nitrogen and oxygen atoms in total. The average Bonchev–Trinajstić information content (AvgIpc) is 3.09. The fourth-order valence-electron chi connectivity index (χ4n) is 3.73. The van der Waals surface area contributed by atoms with E-state index in [2.05, 4.69) is 23.7 Å².